The van der Waals surface area contributed by atoms with E-state index < -0.39 is 11.3 Å². The van der Waals surface area contributed by atoms with Gasteiger partial charge in [-0.3, -0.25) is 9.69 Å². The quantitative estimate of drug-likeness (QED) is 0.241. The van der Waals surface area contributed by atoms with Gasteiger partial charge in [-0.25, -0.2) is 4.39 Å². The van der Waals surface area contributed by atoms with Gasteiger partial charge in [-0.2, -0.15) is 8.78 Å². The smallest absolute Gasteiger partial charge is 0.284 e. The summed E-state index contributed by atoms with van der Waals surface area (Å²) in [7, 11) is 3.56. The molecule has 2 saturated carbocycles. The van der Waals surface area contributed by atoms with Crippen LogP contribution in [-0.2, 0) is 37.6 Å². The third-order valence-corrected chi connectivity index (χ3v) is 11.1. The highest BCUT2D eigenvalue weighted by Gasteiger charge is 2.50. The number of aryl methyl sites for hydroxylation is 1. The van der Waals surface area contributed by atoms with E-state index in [1.807, 2.05) is 29.8 Å². The second-order valence-corrected chi connectivity index (χ2v) is 14.4. The van der Waals surface area contributed by atoms with E-state index >= 15 is 13.2 Å². The molecule has 3 heterocycles. The van der Waals surface area contributed by atoms with Gasteiger partial charge in [-0.15, -0.1) is 22.5 Å². The minimum atomic E-state index is -3.20. The second kappa shape index (κ2) is 10.4. The van der Waals surface area contributed by atoms with Crippen molar-refractivity contribution in [2.75, 3.05) is 18.0 Å². The number of terminal acetylenes is 1. The minimum absolute atomic E-state index is 0.0347. The first-order valence-electron chi connectivity index (χ1n) is 15.3. The Bertz CT molecular complexity index is 1670. The molecule has 4 atom stereocenters. The molecule has 1 amide bonds. The highest BCUT2D eigenvalue weighted by molar-refractivity contribution is 7.17. The number of benzene rings is 2. The maximum Gasteiger partial charge on any atom is 0.284 e. The number of fused-ring (bicyclic) bond motifs is 2. The zero-order chi connectivity index (χ0) is 31.0. The molecule has 0 radical (unpaired) electrons. The zero-order valence-electron chi connectivity index (χ0n) is 25.1. The molecule has 10 heteroatoms. The van der Waals surface area contributed by atoms with Crippen molar-refractivity contribution in [2.45, 2.75) is 68.9 Å². The van der Waals surface area contributed by atoms with Gasteiger partial charge in [-0.1, -0.05) is 21.4 Å². The number of aromatic nitrogens is 3. The molecule has 4 aliphatic rings. The third kappa shape index (κ3) is 4.95. The summed E-state index contributed by atoms with van der Waals surface area (Å²) in [6.45, 7) is 3.51. The summed E-state index contributed by atoms with van der Waals surface area (Å²) in [5.41, 5.74) is -1.76. The minimum Gasteiger partial charge on any atom is -0.321 e. The van der Waals surface area contributed by atoms with Crippen LogP contribution in [0.1, 0.15) is 71.0 Å². The van der Waals surface area contributed by atoms with Crippen molar-refractivity contribution in [2.24, 2.45) is 24.8 Å². The Morgan fingerprint density at radius 1 is 1.20 bits per heavy atom. The van der Waals surface area contributed by atoms with E-state index in [-0.39, 0.29) is 41.2 Å². The topological polar surface area (TPSA) is 54.3 Å². The fourth-order valence-electron chi connectivity index (χ4n) is 8.30. The van der Waals surface area contributed by atoms with Crippen LogP contribution in [-0.4, -0.2) is 44.3 Å². The van der Waals surface area contributed by atoms with Crippen LogP contribution in [0.25, 0.3) is 0 Å². The zero-order valence-corrected chi connectivity index (χ0v) is 26.2. The van der Waals surface area contributed by atoms with Crippen molar-refractivity contribution < 1.29 is 18.0 Å². The van der Waals surface area contributed by atoms with E-state index in [0.717, 1.165) is 37.2 Å². The molecule has 4 unspecified atom stereocenters. The van der Waals surface area contributed by atoms with E-state index in [1.165, 1.54) is 6.07 Å². The monoisotopic (exact) mass is 619 g/mol. The summed E-state index contributed by atoms with van der Waals surface area (Å²) in [4.78, 5) is 17.7. The van der Waals surface area contributed by atoms with E-state index in [2.05, 4.69) is 27.1 Å². The van der Waals surface area contributed by atoms with Gasteiger partial charge in [-0.05, 0) is 79.5 Å². The van der Waals surface area contributed by atoms with Gasteiger partial charge in [0, 0.05) is 67.2 Å². The van der Waals surface area contributed by atoms with Gasteiger partial charge in [0.15, 0.2) is 0 Å². The average molecular weight is 620 g/mol. The highest BCUT2D eigenvalue weighted by Crippen LogP contribution is 2.51. The molecular weight excluding hydrogens is 582 g/mol. The molecular formula is C34H37F3N5OP. The van der Waals surface area contributed by atoms with Gasteiger partial charge in [0.05, 0.1) is 6.54 Å². The molecule has 2 aliphatic carbocycles. The summed E-state index contributed by atoms with van der Waals surface area (Å²) in [6.07, 6.45) is 11.1. The van der Waals surface area contributed by atoms with Crippen molar-refractivity contribution in [3.63, 3.8) is 0 Å². The number of likely N-dealkylation sites (tertiary alicyclic amines) is 1. The number of rotatable bonds is 7. The van der Waals surface area contributed by atoms with E-state index in [1.54, 1.807) is 33.5 Å². The van der Waals surface area contributed by atoms with Gasteiger partial charge < -0.3 is 9.47 Å². The Balaban J connectivity index is 1.18. The first-order chi connectivity index (χ1) is 20.9. The summed E-state index contributed by atoms with van der Waals surface area (Å²) >= 11 is 0. The summed E-state index contributed by atoms with van der Waals surface area (Å²) in [5, 5.41) is 8.34. The first kappa shape index (κ1) is 29.5. The fourth-order valence-corrected chi connectivity index (χ4v) is 8.56. The van der Waals surface area contributed by atoms with Gasteiger partial charge in [0.25, 0.3) is 11.6 Å². The van der Waals surface area contributed by atoms with Crippen LogP contribution in [0.3, 0.4) is 0 Å². The van der Waals surface area contributed by atoms with Crippen LogP contribution in [0.4, 0.5) is 18.9 Å². The number of nitrogens with zero attached hydrogens (tertiary/aromatic N) is 5. The predicted molar refractivity (Wildman–Crippen MR) is 166 cm³/mol. The lowest BCUT2D eigenvalue weighted by Crippen LogP contribution is -2.43. The third-order valence-electron chi connectivity index (χ3n) is 10.7. The molecule has 1 aromatic heterocycles. The number of carbonyl (C=O) groups is 1. The standard InChI is InChI=1S/C34H37F3N5OP/c1-4-21-13-33(14-21,15-30-39-38-20-40(30)3)24-6-5-7-25(12-24)42-18-27-26(31(42)43)10-22(11-28(27)34(36,37)44)16-41-17-23-8-9-32(2,35)29(23)19-41/h1,5-7,10-12,20-21,23,29H,8-9,13-19,44H2,2-3H3. The number of alkyl halides is 3. The molecule has 0 N–H and O–H groups in total. The molecule has 2 aliphatic heterocycles. The lowest BCUT2D eigenvalue weighted by Gasteiger charge is -2.46. The van der Waals surface area contributed by atoms with Crippen LogP contribution >= 0.6 is 9.24 Å². The molecule has 6 nitrogen and oxygen atoms in total. The van der Waals surface area contributed by atoms with Crippen molar-refractivity contribution >= 4 is 20.8 Å². The number of anilines is 1. The lowest BCUT2D eigenvalue weighted by molar-refractivity contribution is 0.0996. The second-order valence-electron chi connectivity index (χ2n) is 13.7. The maximum atomic E-state index is 15.0. The van der Waals surface area contributed by atoms with Gasteiger partial charge in [0.2, 0.25) is 0 Å². The predicted octanol–water partition coefficient (Wildman–Crippen LogP) is 5.99. The Morgan fingerprint density at radius 2 is 2.00 bits per heavy atom. The SMILES string of the molecule is C#CC1CC(Cc2nncn2C)(c2cccc(N3Cc4c(cc(CN5CC6CCC(C)(F)C6C5)cc4C(F)(F)P)C3=O)c2)C1. The molecule has 1 saturated heterocycles. The van der Waals surface area contributed by atoms with Gasteiger partial charge >= 0.3 is 0 Å². The Morgan fingerprint density at radius 3 is 2.68 bits per heavy atom. The fraction of sp³-hybridized carbons (Fsp3) is 0.500. The van der Waals surface area contributed by atoms with Crippen molar-refractivity contribution in [1.29, 1.82) is 0 Å². The van der Waals surface area contributed by atoms with Crippen molar-refractivity contribution in [3.05, 3.63) is 76.4 Å². The van der Waals surface area contributed by atoms with E-state index in [9.17, 15) is 4.79 Å². The molecule has 230 valence electrons. The Labute approximate surface area is 258 Å². The van der Waals surface area contributed by atoms with Crippen LogP contribution in [0, 0.1) is 30.1 Å². The van der Waals surface area contributed by atoms with E-state index in [0.29, 0.717) is 48.3 Å². The lowest BCUT2D eigenvalue weighted by atomic mass is 9.57. The maximum absolute atomic E-state index is 15.0. The normalized spacial score (nSPS) is 29.9. The van der Waals surface area contributed by atoms with Crippen LogP contribution in [0.15, 0.2) is 42.7 Å². The summed E-state index contributed by atoms with van der Waals surface area (Å²) in [6, 6.07) is 11.1. The first-order valence-corrected chi connectivity index (χ1v) is 15.9. The van der Waals surface area contributed by atoms with Crippen LogP contribution < -0.4 is 4.90 Å². The number of amides is 1. The van der Waals surface area contributed by atoms with Crippen molar-refractivity contribution in [1.82, 2.24) is 19.7 Å². The Hall–Kier alpha value is -3.21. The molecule has 44 heavy (non-hydrogen) atoms. The summed E-state index contributed by atoms with van der Waals surface area (Å²) < 4.78 is 47.0. The largest absolute Gasteiger partial charge is 0.321 e. The molecule has 3 aromatic rings. The molecule has 2 aromatic carbocycles. The highest BCUT2D eigenvalue weighted by atomic mass is 31.0. The van der Waals surface area contributed by atoms with Gasteiger partial charge in [0.1, 0.15) is 17.8 Å². The number of hydrogen-bond acceptors (Lipinski definition) is 4. The van der Waals surface area contributed by atoms with E-state index in [4.69, 9.17) is 6.42 Å². The van der Waals surface area contributed by atoms with Crippen molar-refractivity contribution in [3.8, 4) is 12.3 Å². The number of halogens is 3. The average Bonchev–Trinajstić information content (AvgIpc) is 3.71. The molecule has 0 bridgehead atoms. The Kier molecular flexibility index (Phi) is 6.99. The molecule has 0 spiro atoms. The van der Waals surface area contributed by atoms with Crippen LogP contribution in [0.2, 0.25) is 0 Å². The number of hydrogen-bond donors (Lipinski definition) is 0. The van der Waals surface area contributed by atoms with Crippen LogP contribution in [0.5, 0.6) is 0 Å². The molecule has 7 rings (SSSR count). The number of carbonyl (C=O) groups excluding carboxylic acids is 1. The molecule has 3 fully saturated rings. The summed E-state index contributed by atoms with van der Waals surface area (Å²) in [5.74, 6) is 3.85.